The molecule has 0 saturated heterocycles. The predicted octanol–water partition coefficient (Wildman–Crippen LogP) is 1.96. The Morgan fingerprint density at radius 2 is 2.35 bits per heavy atom. The maximum Gasteiger partial charge on any atom is 0.269 e. The van der Waals surface area contributed by atoms with Gasteiger partial charge < -0.3 is 5.32 Å². The molecule has 1 N–H and O–H groups in total. The van der Waals surface area contributed by atoms with Crippen LogP contribution >= 0.6 is 11.6 Å². The number of rotatable bonds is 5. The summed E-state index contributed by atoms with van der Waals surface area (Å²) in [6.07, 6.45) is 2.23. The summed E-state index contributed by atoms with van der Waals surface area (Å²) in [4.78, 5) is 12.0. The van der Waals surface area contributed by atoms with Gasteiger partial charge in [-0.3, -0.25) is 9.48 Å². The molecular weight excluding hydrogens is 238 g/mol. The van der Waals surface area contributed by atoms with Crippen LogP contribution < -0.4 is 5.32 Å². The standard InChI is InChI=1S/C12H18ClN3O/c1-3-16-10(6-9(2)15-16)11(17)14-8-12(7-13)4-5-12/h6H,3-5,7-8H2,1-2H3,(H,14,17). The Morgan fingerprint density at radius 1 is 1.65 bits per heavy atom. The number of carbonyl (C=O) groups excluding carboxylic acids is 1. The minimum atomic E-state index is -0.0520. The molecule has 94 valence electrons. The van der Waals surface area contributed by atoms with E-state index in [-0.39, 0.29) is 11.3 Å². The molecule has 0 unspecified atom stereocenters. The van der Waals surface area contributed by atoms with E-state index in [9.17, 15) is 4.79 Å². The molecule has 1 fully saturated rings. The Kier molecular flexibility index (Phi) is 3.43. The average Bonchev–Trinajstić information content (AvgIpc) is 3.02. The molecule has 0 aliphatic heterocycles. The molecule has 1 amide bonds. The van der Waals surface area contributed by atoms with Crippen LogP contribution in [0.4, 0.5) is 0 Å². The molecule has 0 atom stereocenters. The Hall–Kier alpha value is -1.03. The zero-order valence-corrected chi connectivity index (χ0v) is 11.0. The Balaban J connectivity index is 1.99. The Morgan fingerprint density at radius 3 is 2.88 bits per heavy atom. The summed E-state index contributed by atoms with van der Waals surface area (Å²) in [6.45, 7) is 5.25. The van der Waals surface area contributed by atoms with Crippen molar-refractivity contribution in [3.63, 3.8) is 0 Å². The summed E-state index contributed by atoms with van der Waals surface area (Å²) < 4.78 is 1.73. The van der Waals surface area contributed by atoms with Crippen molar-refractivity contribution in [1.29, 1.82) is 0 Å². The van der Waals surface area contributed by atoms with Gasteiger partial charge in [-0.15, -0.1) is 11.6 Å². The number of halogens is 1. The molecule has 5 heteroatoms. The molecule has 1 aliphatic rings. The number of aryl methyl sites for hydroxylation is 2. The van der Waals surface area contributed by atoms with Gasteiger partial charge in [-0.05, 0) is 32.8 Å². The maximum absolute atomic E-state index is 12.0. The Bertz CT molecular complexity index is 423. The number of alkyl halides is 1. The lowest BCUT2D eigenvalue weighted by molar-refractivity contribution is 0.0935. The minimum Gasteiger partial charge on any atom is -0.350 e. The second-order valence-corrected chi connectivity index (χ2v) is 5.07. The van der Waals surface area contributed by atoms with Gasteiger partial charge in [0.1, 0.15) is 5.69 Å². The number of hydrogen-bond acceptors (Lipinski definition) is 2. The van der Waals surface area contributed by atoms with Gasteiger partial charge in [0.15, 0.2) is 0 Å². The molecule has 1 saturated carbocycles. The number of amides is 1. The van der Waals surface area contributed by atoms with Gasteiger partial charge in [-0.2, -0.15) is 5.10 Å². The number of nitrogens with one attached hydrogen (secondary N) is 1. The molecule has 0 spiro atoms. The van der Waals surface area contributed by atoms with E-state index < -0.39 is 0 Å². The van der Waals surface area contributed by atoms with E-state index in [4.69, 9.17) is 11.6 Å². The van der Waals surface area contributed by atoms with E-state index in [1.807, 2.05) is 19.9 Å². The zero-order valence-electron chi connectivity index (χ0n) is 10.3. The number of carbonyl (C=O) groups is 1. The van der Waals surface area contributed by atoms with E-state index in [0.717, 1.165) is 18.5 Å². The molecule has 2 rings (SSSR count). The highest BCUT2D eigenvalue weighted by atomic mass is 35.5. The fourth-order valence-electron chi connectivity index (χ4n) is 1.86. The maximum atomic E-state index is 12.0. The highest BCUT2D eigenvalue weighted by Crippen LogP contribution is 2.45. The van der Waals surface area contributed by atoms with Crippen molar-refractivity contribution >= 4 is 17.5 Å². The number of aromatic nitrogens is 2. The molecule has 0 radical (unpaired) electrons. The van der Waals surface area contributed by atoms with Crippen LogP contribution in [-0.4, -0.2) is 28.1 Å². The van der Waals surface area contributed by atoms with Gasteiger partial charge in [-0.1, -0.05) is 0 Å². The second kappa shape index (κ2) is 4.69. The van der Waals surface area contributed by atoms with Crippen molar-refractivity contribution in [2.75, 3.05) is 12.4 Å². The molecule has 1 heterocycles. The molecule has 1 aromatic heterocycles. The van der Waals surface area contributed by atoms with Gasteiger partial charge in [0, 0.05) is 24.4 Å². The van der Waals surface area contributed by atoms with Crippen molar-refractivity contribution in [2.24, 2.45) is 5.41 Å². The summed E-state index contributed by atoms with van der Waals surface area (Å²) in [5.41, 5.74) is 1.66. The fourth-order valence-corrected chi connectivity index (χ4v) is 2.22. The summed E-state index contributed by atoms with van der Waals surface area (Å²) in [5, 5.41) is 7.22. The largest absolute Gasteiger partial charge is 0.350 e. The highest BCUT2D eigenvalue weighted by Gasteiger charge is 2.41. The van der Waals surface area contributed by atoms with Crippen LogP contribution in [0.3, 0.4) is 0 Å². The average molecular weight is 256 g/mol. The fraction of sp³-hybridized carbons (Fsp3) is 0.667. The minimum absolute atomic E-state index is 0.0520. The smallest absolute Gasteiger partial charge is 0.269 e. The topological polar surface area (TPSA) is 46.9 Å². The van der Waals surface area contributed by atoms with Crippen LogP contribution in [0.15, 0.2) is 6.07 Å². The van der Waals surface area contributed by atoms with Gasteiger partial charge in [0.05, 0.1) is 5.69 Å². The van der Waals surface area contributed by atoms with Gasteiger partial charge in [0.2, 0.25) is 0 Å². The molecule has 1 aliphatic carbocycles. The zero-order chi connectivity index (χ0) is 12.5. The third-order valence-corrected chi connectivity index (χ3v) is 3.87. The lowest BCUT2D eigenvalue weighted by Gasteiger charge is -2.12. The second-order valence-electron chi connectivity index (χ2n) is 4.80. The monoisotopic (exact) mass is 255 g/mol. The molecule has 17 heavy (non-hydrogen) atoms. The SMILES string of the molecule is CCn1nc(C)cc1C(=O)NCC1(CCl)CC1. The van der Waals surface area contributed by atoms with Crippen LogP contribution in [0.5, 0.6) is 0 Å². The van der Waals surface area contributed by atoms with E-state index in [1.165, 1.54) is 0 Å². The molecule has 1 aromatic rings. The summed E-state index contributed by atoms with van der Waals surface area (Å²) in [7, 11) is 0. The van der Waals surface area contributed by atoms with E-state index >= 15 is 0 Å². The number of hydrogen-bond donors (Lipinski definition) is 1. The third-order valence-electron chi connectivity index (χ3n) is 3.30. The van der Waals surface area contributed by atoms with Crippen molar-refractivity contribution in [3.05, 3.63) is 17.5 Å². The van der Waals surface area contributed by atoms with Crippen molar-refractivity contribution in [3.8, 4) is 0 Å². The summed E-state index contributed by atoms with van der Waals surface area (Å²) in [6, 6.07) is 1.82. The lowest BCUT2D eigenvalue weighted by atomic mass is 10.1. The highest BCUT2D eigenvalue weighted by molar-refractivity contribution is 6.18. The van der Waals surface area contributed by atoms with Gasteiger partial charge >= 0.3 is 0 Å². The summed E-state index contributed by atoms with van der Waals surface area (Å²) >= 11 is 5.88. The van der Waals surface area contributed by atoms with Crippen molar-refractivity contribution in [1.82, 2.24) is 15.1 Å². The van der Waals surface area contributed by atoms with E-state index in [1.54, 1.807) is 4.68 Å². The van der Waals surface area contributed by atoms with Crippen LogP contribution in [0.25, 0.3) is 0 Å². The van der Waals surface area contributed by atoms with Gasteiger partial charge in [0.25, 0.3) is 5.91 Å². The molecule has 0 bridgehead atoms. The third kappa shape index (κ3) is 2.63. The molecule has 0 aromatic carbocycles. The molecule has 4 nitrogen and oxygen atoms in total. The van der Waals surface area contributed by atoms with Gasteiger partial charge in [-0.25, -0.2) is 0 Å². The normalized spacial score (nSPS) is 16.9. The quantitative estimate of drug-likeness (QED) is 0.818. The van der Waals surface area contributed by atoms with Crippen LogP contribution in [-0.2, 0) is 6.54 Å². The van der Waals surface area contributed by atoms with Crippen LogP contribution in [0.1, 0.15) is 35.9 Å². The first-order chi connectivity index (χ1) is 8.10. The summed E-state index contributed by atoms with van der Waals surface area (Å²) in [5.74, 6) is 0.572. The van der Waals surface area contributed by atoms with E-state index in [0.29, 0.717) is 24.7 Å². The van der Waals surface area contributed by atoms with Crippen LogP contribution in [0, 0.1) is 12.3 Å². The first-order valence-electron chi connectivity index (χ1n) is 5.99. The lowest BCUT2D eigenvalue weighted by Crippen LogP contribution is -2.32. The Labute approximate surface area is 106 Å². The molecular formula is C12H18ClN3O. The first-order valence-corrected chi connectivity index (χ1v) is 6.52. The van der Waals surface area contributed by atoms with E-state index in [2.05, 4.69) is 10.4 Å². The van der Waals surface area contributed by atoms with Crippen molar-refractivity contribution in [2.45, 2.75) is 33.2 Å². The number of nitrogens with zero attached hydrogens (tertiary/aromatic N) is 2. The van der Waals surface area contributed by atoms with Crippen LogP contribution in [0.2, 0.25) is 0 Å². The first kappa shape index (κ1) is 12.4. The predicted molar refractivity (Wildman–Crippen MR) is 67.4 cm³/mol. The van der Waals surface area contributed by atoms with Crippen molar-refractivity contribution < 1.29 is 4.79 Å².